The van der Waals surface area contributed by atoms with Gasteiger partial charge in [0.15, 0.2) is 0 Å². The fraction of sp³-hybridized carbons (Fsp3) is 0.522. The molecule has 0 unspecified atom stereocenters. The fourth-order valence-corrected chi connectivity index (χ4v) is 13.4. The van der Waals surface area contributed by atoms with Crippen molar-refractivity contribution in [2.75, 3.05) is 103 Å². The number of aromatic nitrogens is 1. The number of hydrogen-bond donors (Lipinski definition) is 17. The number of aliphatic hydroxyl groups is 3. The van der Waals surface area contributed by atoms with E-state index in [9.17, 15) is 82.2 Å². The lowest BCUT2D eigenvalue weighted by Gasteiger charge is -2.33. The van der Waals surface area contributed by atoms with Gasteiger partial charge in [-0.25, -0.2) is 4.79 Å². The van der Waals surface area contributed by atoms with Gasteiger partial charge in [-0.05, 0) is 62.4 Å². The number of fused-ring (bicyclic) bond motifs is 1. The van der Waals surface area contributed by atoms with Gasteiger partial charge in [0.1, 0.15) is 42.3 Å². The molecule has 8 amide bonds. The Morgan fingerprint density at radius 2 is 1.07 bits per heavy atom. The number of carbonyl (C=O) groups excluding carboxylic acids is 8. The van der Waals surface area contributed by atoms with Crippen LogP contribution >= 0.6 is 21.6 Å². The van der Waals surface area contributed by atoms with Gasteiger partial charge in [0.2, 0.25) is 47.3 Å². The summed E-state index contributed by atoms with van der Waals surface area (Å²) in [4.78, 5) is 172. The van der Waals surface area contributed by atoms with Gasteiger partial charge in [0.25, 0.3) is 0 Å². The van der Waals surface area contributed by atoms with Gasteiger partial charge < -0.3 is 89.0 Å². The van der Waals surface area contributed by atoms with E-state index in [-0.39, 0.29) is 103 Å². The minimum Gasteiger partial charge on any atom is -0.480 e. The van der Waals surface area contributed by atoms with Gasteiger partial charge in [0, 0.05) is 100 Å². The predicted molar refractivity (Wildman–Crippen MR) is 378 cm³/mol. The highest BCUT2D eigenvalue weighted by atomic mass is 33.1. The number of carboxylic acid groups (broad SMARTS) is 4. The molecule has 2 saturated heterocycles. The highest BCUT2D eigenvalue weighted by molar-refractivity contribution is 8.76. The second-order valence-electron chi connectivity index (χ2n) is 25.1. The van der Waals surface area contributed by atoms with E-state index >= 15 is 14.4 Å². The number of halogens is 3. The Hall–Kier alpha value is -8.99. The van der Waals surface area contributed by atoms with Crippen LogP contribution in [0.3, 0.4) is 0 Å². The molecule has 3 aromatic carbocycles. The van der Waals surface area contributed by atoms with Crippen molar-refractivity contribution in [2.24, 2.45) is 5.73 Å². The summed E-state index contributed by atoms with van der Waals surface area (Å²) in [6.45, 7) is 1.25. The molecule has 2 aliphatic heterocycles. The van der Waals surface area contributed by atoms with Crippen LogP contribution in [0.4, 0.5) is 13.2 Å². The number of amides is 8. The van der Waals surface area contributed by atoms with Crippen molar-refractivity contribution in [2.45, 2.75) is 119 Å². The van der Waals surface area contributed by atoms with E-state index in [0.717, 1.165) is 21.6 Å². The van der Waals surface area contributed by atoms with Crippen molar-refractivity contribution in [3.63, 3.8) is 0 Å². The second kappa shape index (κ2) is 44.1. The second-order valence-corrected chi connectivity index (χ2v) is 27.6. The first-order valence-electron chi connectivity index (χ1n) is 33.7. The van der Waals surface area contributed by atoms with Gasteiger partial charge >= 0.3 is 30.1 Å². The number of rotatable bonds is 26. The summed E-state index contributed by atoms with van der Waals surface area (Å²) >= 11 is 0. The Balaban J connectivity index is 0.00000268. The summed E-state index contributed by atoms with van der Waals surface area (Å²) in [6.07, 6.45) is -6.13. The first-order chi connectivity index (χ1) is 49.8. The Labute approximate surface area is 610 Å². The molecule has 2 fully saturated rings. The molecule has 0 spiro atoms. The molecule has 0 radical (unpaired) electrons. The number of aromatic amines is 1. The van der Waals surface area contributed by atoms with Crippen molar-refractivity contribution < 1.29 is 106 Å². The first kappa shape index (κ1) is 86.6. The molecule has 4 aromatic rings. The van der Waals surface area contributed by atoms with Gasteiger partial charge in [-0.1, -0.05) is 100 Å². The zero-order valence-electron chi connectivity index (χ0n) is 57.8. The Morgan fingerprint density at radius 1 is 0.590 bits per heavy atom. The van der Waals surface area contributed by atoms with E-state index in [1.54, 1.807) is 98.6 Å². The highest BCUT2D eigenvalue weighted by Gasteiger charge is 2.39. The van der Waals surface area contributed by atoms with Crippen LogP contribution in [0, 0.1) is 0 Å². The number of hydrogen-bond acceptors (Lipinski definition) is 22. The van der Waals surface area contributed by atoms with Crippen LogP contribution in [-0.2, 0) is 76.8 Å². The number of benzene rings is 3. The first-order valence-corrected chi connectivity index (χ1v) is 36.1. The molecule has 0 saturated carbocycles. The number of para-hydroxylation sites is 1. The lowest BCUT2D eigenvalue weighted by Crippen LogP contribution is -2.62. The van der Waals surface area contributed by atoms with Crippen molar-refractivity contribution in [3.8, 4) is 0 Å². The molecule has 0 bridgehead atoms. The van der Waals surface area contributed by atoms with Crippen molar-refractivity contribution in [1.82, 2.24) is 67.1 Å². The molecule has 3 heterocycles. The maximum absolute atomic E-state index is 15.3. The topological polar surface area (TPSA) is 497 Å². The number of aliphatic carboxylic acids is 4. The van der Waals surface area contributed by atoms with E-state index in [1.165, 1.54) is 13.8 Å². The number of nitrogens with one attached hydrogen (secondary N) is 9. The summed E-state index contributed by atoms with van der Waals surface area (Å²) in [6, 6.07) is 12.5. The van der Waals surface area contributed by atoms with Crippen LogP contribution in [0.5, 0.6) is 0 Å². The normalized spacial score (nSPS) is 21.4. The number of alkyl halides is 3. The molecule has 0 aliphatic carbocycles. The van der Waals surface area contributed by atoms with Gasteiger partial charge in [-0.3, -0.25) is 72.3 Å². The number of H-pyrrole nitrogens is 1. The summed E-state index contributed by atoms with van der Waals surface area (Å²) in [5.41, 5.74) is 8.27. The SMILES string of the molecule is C[C@@H](O)[C@@H]1NC(=O)[C@H](CCCCN)NC(=O)[C@@H](Cc2c[nH]c3ccccc23)NC(=O)[C@H](Cc2ccccc2)NC(=O)[C@@H](NC(=O)[C@@H](Cc2ccccc2)NC(=O)CN2CCN(CC(=O)O)CCN(CC(=O)O)CCN(CC(=O)O)CC2)CSSC[C@@H](C(=O)N[C@H](CO)[C@@H](C)O)NC1=O.O=C(O)C(F)(F)F. The Morgan fingerprint density at radius 3 is 1.57 bits per heavy atom. The lowest BCUT2D eigenvalue weighted by atomic mass is 10.0. The predicted octanol–water partition coefficient (Wildman–Crippen LogP) is -2.54. The van der Waals surface area contributed by atoms with Crippen LogP contribution in [0.25, 0.3) is 10.9 Å². The molecular formula is C67H93F3N14O19S2. The number of aliphatic hydroxyl groups excluding tert-OH is 3. The van der Waals surface area contributed by atoms with Crippen molar-refractivity contribution in [3.05, 3.63) is 108 Å². The van der Waals surface area contributed by atoms with Gasteiger partial charge in [-0.15, -0.1) is 0 Å². The van der Waals surface area contributed by atoms with E-state index in [1.807, 2.05) is 12.1 Å². The summed E-state index contributed by atoms with van der Waals surface area (Å²) in [5.74, 6) is -14.0. The Bertz CT molecular complexity index is 3500. The molecule has 105 heavy (non-hydrogen) atoms. The summed E-state index contributed by atoms with van der Waals surface area (Å²) < 4.78 is 31.7. The van der Waals surface area contributed by atoms with Crippen molar-refractivity contribution >= 4 is 104 Å². The van der Waals surface area contributed by atoms with Crippen LogP contribution < -0.4 is 48.3 Å². The molecule has 2 aliphatic rings. The van der Waals surface area contributed by atoms with Crippen LogP contribution in [0.15, 0.2) is 91.1 Å². The number of unbranched alkanes of at least 4 members (excludes halogenated alkanes) is 1. The highest BCUT2D eigenvalue weighted by Crippen LogP contribution is 2.25. The van der Waals surface area contributed by atoms with Gasteiger partial charge in [0.05, 0.1) is 51.0 Å². The number of carboxylic acids is 4. The zero-order valence-corrected chi connectivity index (χ0v) is 59.5. The quantitative estimate of drug-likeness (QED) is 0.0227. The van der Waals surface area contributed by atoms with E-state index in [2.05, 4.69) is 47.5 Å². The van der Waals surface area contributed by atoms with E-state index in [4.69, 9.17) is 15.6 Å². The standard InChI is InChI=1S/C65H92N14O17S2.C2HF3O2/c1-40(81)51(37-80)72-64(95)53-39-98-97-38-52(73-60(91)48(29-42-13-5-3-6-14-42)68-54(83)33-76-21-23-77(34-55(84)85)25-27-79(36-57(88)89)28-26-78(24-22-76)35-56(86)87)63(94)70-49(30-43-15-7-4-8-16-43)61(92)71-50(31-44-32-67-46-18-10-9-17-45(44)46)62(93)69-47(19-11-12-20-66)59(90)75-58(41(2)82)65(96)74-53;3-2(4,5)1(6)7/h3-10,13-18,32,40-41,47-53,58,67,80-82H,11-12,19-31,33-39,66H2,1-2H3,(H,68,83)(H,69,93)(H,70,94)(H,71,92)(H,72,95)(H,73,91)(H,74,96)(H,75,90)(H,84,85)(H,86,87)(H,88,89);(H,6,7)/t40-,41-,47+,48-,49+,50-,51-,52+,53+,58+;/m1./s1. The van der Waals surface area contributed by atoms with E-state index < -0.39 is 164 Å². The average Bonchev–Trinajstić information content (AvgIpc) is 1.64. The maximum Gasteiger partial charge on any atom is 0.490 e. The molecular weight excluding hydrogens is 1430 g/mol. The van der Waals surface area contributed by atoms with Crippen molar-refractivity contribution in [1.29, 1.82) is 0 Å². The summed E-state index contributed by atoms with van der Waals surface area (Å²) in [5, 5.41) is 90.3. The molecule has 1 aromatic heterocycles. The minimum absolute atomic E-state index is 0.0330. The Kier molecular flexibility index (Phi) is 36.4. The molecule has 10 atom stereocenters. The fourth-order valence-electron chi connectivity index (χ4n) is 11.0. The third-order valence-corrected chi connectivity index (χ3v) is 19.2. The third kappa shape index (κ3) is 30.9. The van der Waals surface area contributed by atoms with Gasteiger partial charge in [-0.2, -0.15) is 13.2 Å². The minimum atomic E-state index is -5.08. The molecule has 18 N–H and O–H groups in total. The van der Waals surface area contributed by atoms with E-state index in [0.29, 0.717) is 40.4 Å². The largest absolute Gasteiger partial charge is 0.490 e. The lowest BCUT2D eigenvalue weighted by molar-refractivity contribution is -0.192. The third-order valence-electron chi connectivity index (χ3n) is 16.8. The smallest absolute Gasteiger partial charge is 0.480 e. The van der Waals surface area contributed by atoms with Crippen LogP contribution in [-0.4, -0.2) is 301 Å². The average molecular weight is 1520 g/mol. The number of nitrogens with zero attached hydrogens (tertiary/aromatic N) is 4. The molecule has 33 nitrogen and oxygen atoms in total. The zero-order chi connectivity index (χ0) is 77.3. The molecule has 38 heteroatoms. The summed E-state index contributed by atoms with van der Waals surface area (Å²) in [7, 11) is 1.86. The number of carbonyl (C=O) groups is 12. The maximum atomic E-state index is 15.3. The monoisotopic (exact) mass is 1520 g/mol. The van der Waals surface area contributed by atoms with Crippen LogP contribution in [0.2, 0.25) is 0 Å². The van der Waals surface area contributed by atoms with Crippen LogP contribution in [0.1, 0.15) is 49.8 Å². The number of nitrogens with two attached hydrogens (primary N) is 1. The molecule has 578 valence electrons. The molecule has 6 rings (SSSR count).